The summed E-state index contributed by atoms with van der Waals surface area (Å²) in [6.07, 6.45) is 27.2. The third-order valence-corrected chi connectivity index (χ3v) is 21.2. The van der Waals surface area contributed by atoms with Crippen LogP contribution in [0.25, 0.3) is 33.8 Å². The van der Waals surface area contributed by atoms with Crippen LogP contribution in [-0.2, 0) is 68.2 Å². The summed E-state index contributed by atoms with van der Waals surface area (Å²) in [5.41, 5.74) is 11.5. The molecule has 1 saturated heterocycles. The van der Waals surface area contributed by atoms with Gasteiger partial charge in [-0.25, -0.2) is 47.1 Å². The molecule has 17 heteroatoms. The van der Waals surface area contributed by atoms with Crippen molar-refractivity contribution in [2.24, 2.45) is 11.8 Å². The molecule has 2 N–H and O–H groups in total. The molecule has 2 aliphatic carbocycles. The number of phenolic OH excluding ortho intramolecular Hbond substituents is 1. The number of hydrogen-bond donors (Lipinski definition) is 2. The van der Waals surface area contributed by atoms with Gasteiger partial charge in [0, 0.05) is 111 Å². The second kappa shape index (κ2) is 37.4. The van der Waals surface area contributed by atoms with E-state index in [0.717, 1.165) is 154 Å². The second-order valence-corrected chi connectivity index (χ2v) is 29.5. The highest BCUT2D eigenvalue weighted by molar-refractivity contribution is 7.88. The first-order valence-corrected chi connectivity index (χ1v) is 38.1. The zero-order valence-electron chi connectivity index (χ0n) is 57.1. The van der Waals surface area contributed by atoms with Crippen molar-refractivity contribution in [3.63, 3.8) is 0 Å². The van der Waals surface area contributed by atoms with Crippen molar-refractivity contribution < 1.29 is 22.3 Å². The van der Waals surface area contributed by atoms with Crippen molar-refractivity contribution in [3.05, 3.63) is 231 Å². The predicted molar refractivity (Wildman–Crippen MR) is 389 cm³/mol. The molecule has 512 valence electrons. The fraction of sp³-hybridized carbons (Fsp3) is 0.425. The summed E-state index contributed by atoms with van der Waals surface area (Å²) in [6.45, 7) is 13.0. The van der Waals surface area contributed by atoms with Crippen LogP contribution in [-0.4, -0.2) is 109 Å². The van der Waals surface area contributed by atoms with Gasteiger partial charge in [0.25, 0.3) is 0 Å². The van der Waals surface area contributed by atoms with E-state index >= 15 is 0 Å². The van der Waals surface area contributed by atoms with Gasteiger partial charge in [0.15, 0.2) is 0 Å². The Morgan fingerprint density at radius 3 is 1.55 bits per heavy atom. The van der Waals surface area contributed by atoms with E-state index in [4.69, 9.17) is 15.0 Å². The zero-order valence-corrected chi connectivity index (χ0v) is 58.7. The van der Waals surface area contributed by atoms with Crippen molar-refractivity contribution in [2.45, 2.75) is 162 Å². The van der Waals surface area contributed by atoms with Gasteiger partial charge < -0.3 is 10.4 Å². The Balaban J connectivity index is 0.000000158. The normalized spacial score (nSPS) is 15.1. The number of sulfonamides is 1. The maximum Gasteiger partial charge on any atom is 0.211 e. The summed E-state index contributed by atoms with van der Waals surface area (Å²) >= 11 is 1.83. The summed E-state index contributed by atoms with van der Waals surface area (Å²) < 4.78 is 53.3. The number of hydrogen-bond acceptors (Lipinski definition) is 13. The van der Waals surface area contributed by atoms with Gasteiger partial charge >= 0.3 is 0 Å². The van der Waals surface area contributed by atoms with Crippen molar-refractivity contribution in [1.82, 2.24) is 49.3 Å². The lowest BCUT2D eigenvalue weighted by Gasteiger charge is -2.27. The van der Waals surface area contributed by atoms with E-state index in [2.05, 4.69) is 110 Å². The minimum Gasteiger partial charge on any atom is -0.508 e. The third-order valence-electron chi connectivity index (χ3n) is 19.1. The molecule has 0 radical (unpaired) electrons. The average molecular weight is 1350 g/mol. The molecule has 0 spiro atoms. The Morgan fingerprint density at radius 1 is 0.536 bits per heavy atom. The van der Waals surface area contributed by atoms with E-state index in [1.807, 2.05) is 72.1 Å². The Labute approximate surface area is 579 Å². The van der Waals surface area contributed by atoms with Crippen molar-refractivity contribution in [3.8, 4) is 39.5 Å². The van der Waals surface area contributed by atoms with Gasteiger partial charge in [0.2, 0.25) is 10.0 Å². The van der Waals surface area contributed by atoms with Crippen LogP contribution >= 0.6 is 11.3 Å². The fourth-order valence-corrected chi connectivity index (χ4v) is 15.3. The summed E-state index contributed by atoms with van der Waals surface area (Å²) in [6, 6.07) is 47.2. The fourth-order valence-electron chi connectivity index (χ4n) is 13.7. The minimum absolute atomic E-state index is 0.278. The Hall–Kier alpha value is -7.51. The number of aromatic hydroxyl groups is 1. The van der Waals surface area contributed by atoms with Crippen molar-refractivity contribution >= 4 is 21.4 Å². The first kappa shape index (κ1) is 72.2. The molecule has 2 saturated carbocycles. The maximum atomic E-state index is 13.4. The molecule has 1 aliphatic heterocycles. The Morgan fingerprint density at radius 2 is 1.05 bits per heavy atom. The van der Waals surface area contributed by atoms with Gasteiger partial charge in [-0.2, -0.15) is 4.31 Å². The number of benzene rings is 5. The van der Waals surface area contributed by atoms with E-state index in [1.54, 1.807) is 28.8 Å². The maximum absolute atomic E-state index is 13.4. The SMILES string of the molecule is CCN(Cc1cccc(-c2ccnc(CCCc3cc(F)cc(F)c3)n2)c1)[C@H]1CCNC1.CCN(Cc1cccc(-c2ccnc(CCCc3cccs3)n2)c1)CC1CCCC1.CS(=O)(=O)N(CCC1CCCC1)Cc1cccc(-c2ccnc(CCCc3ccc(O)cc3)n2)c1. The lowest BCUT2D eigenvalue weighted by Crippen LogP contribution is -2.36. The molecule has 0 unspecified atom stereocenters. The molecule has 12 rings (SSSR count). The highest BCUT2D eigenvalue weighted by atomic mass is 32.2. The molecular weight excluding hydrogens is 1250 g/mol. The molecule has 0 amide bonds. The van der Waals surface area contributed by atoms with Gasteiger partial charge in [-0.15, -0.1) is 11.3 Å². The first-order valence-electron chi connectivity index (χ1n) is 35.4. The number of halogens is 2. The van der Waals surface area contributed by atoms with Crippen LogP contribution in [0, 0.1) is 23.5 Å². The predicted octanol–water partition coefficient (Wildman–Crippen LogP) is 16.5. The highest BCUT2D eigenvalue weighted by Crippen LogP contribution is 2.30. The number of rotatable bonds is 30. The summed E-state index contributed by atoms with van der Waals surface area (Å²) in [5, 5.41) is 15.0. The van der Waals surface area contributed by atoms with Gasteiger partial charge in [0.1, 0.15) is 34.9 Å². The topological polar surface area (TPSA) is 153 Å². The van der Waals surface area contributed by atoms with Crippen LogP contribution in [0.4, 0.5) is 8.78 Å². The van der Waals surface area contributed by atoms with Crippen molar-refractivity contribution in [1.29, 1.82) is 0 Å². The van der Waals surface area contributed by atoms with E-state index in [-0.39, 0.29) is 5.75 Å². The third kappa shape index (κ3) is 23.6. The number of nitrogens with one attached hydrogen (secondary N) is 1. The van der Waals surface area contributed by atoms with Gasteiger partial charge in [-0.3, -0.25) is 9.80 Å². The second-order valence-electron chi connectivity index (χ2n) is 26.5. The monoisotopic (exact) mass is 1350 g/mol. The smallest absolute Gasteiger partial charge is 0.211 e. The highest BCUT2D eigenvalue weighted by Gasteiger charge is 2.24. The number of aryl methyl sites for hydroxylation is 6. The van der Waals surface area contributed by atoms with Gasteiger partial charge in [-0.05, 0) is 196 Å². The zero-order chi connectivity index (χ0) is 67.6. The standard InChI is InChI=1S/C28H35N3O3S.C26H30F2N4.C26H33N3S/c1-35(33,34)31(19-17-22-6-2-3-7-22)21-24-9-4-10-25(20-24)27-16-18-29-28(30-27)11-5-8-23-12-14-26(32)15-13-23;1-2-32(24-9-11-29-17-24)18-20-6-3-7-21(13-20)25-10-12-30-26(31-25)8-4-5-19-14-22(27)16-23(28)15-19;1-2-29(19-21-8-3-4-9-21)20-22-10-5-11-23(18-22)25-15-16-27-26(28-25)14-6-12-24-13-7-17-30-24/h4,9-10,12-16,18,20,22,32H,2-3,5-8,11,17,19,21H2,1H3;3,6-7,10,12-16,24,29H,2,4-5,8-9,11,17-18H2,1H3;5,7,10-11,13,15-18,21H,2-4,6,8-9,12,14,19-20H2,1H3/t;24-;/m.0./s1. The molecule has 3 aliphatic rings. The quantitative estimate of drug-likeness (QED) is 0.0440. The molecule has 9 aromatic rings. The molecule has 0 bridgehead atoms. The number of aromatic nitrogens is 6. The molecule has 5 heterocycles. The van der Waals surface area contributed by atoms with E-state index < -0.39 is 21.7 Å². The Bertz CT molecular complexity index is 3930. The summed E-state index contributed by atoms with van der Waals surface area (Å²) in [4.78, 5) is 34.3. The number of phenols is 1. The van der Waals surface area contributed by atoms with E-state index in [9.17, 15) is 22.3 Å². The van der Waals surface area contributed by atoms with E-state index in [0.29, 0.717) is 43.5 Å². The van der Waals surface area contributed by atoms with E-state index in [1.165, 1.54) is 110 Å². The van der Waals surface area contributed by atoms with Gasteiger partial charge in [-0.1, -0.05) is 125 Å². The molecule has 1 atom stereocenters. The largest absolute Gasteiger partial charge is 0.508 e. The minimum atomic E-state index is -3.28. The summed E-state index contributed by atoms with van der Waals surface area (Å²) in [5.74, 6) is 3.24. The average Bonchev–Trinajstić information content (AvgIpc) is 1.76. The van der Waals surface area contributed by atoms with Crippen LogP contribution in [0.3, 0.4) is 0 Å². The van der Waals surface area contributed by atoms with Crippen LogP contribution in [0.1, 0.15) is 147 Å². The molecule has 4 aromatic heterocycles. The van der Waals surface area contributed by atoms with Crippen LogP contribution < -0.4 is 5.32 Å². The molecule has 3 fully saturated rings. The number of nitrogens with zero attached hydrogens (tertiary/aromatic N) is 9. The lowest BCUT2D eigenvalue weighted by atomic mass is 10.0. The first-order chi connectivity index (χ1) is 47.3. The summed E-state index contributed by atoms with van der Waals surface area (Å²) in [7, 11) is -3.28. The number of likely N-dealkylation sites (N-methyl/N-ethyl adjacent to an activating group) is 1. The molecular formula is C80H98F2N10O3S2. The van der Waals surface area contributed by atoms with Crippen LogP contribution in [0.2, 0.25) is 0 Å². The lowest BCUT2D eigenvalue weighted by molar-refractivity contribution is 0.210. The van der Waals surface area contributed by atoms with Crippen molar-refractivity contribution in [2.75, 3.05) is 45.5 Å². The molecule has 5 aromatic carbocycles. The Kier molecular flexibility index (Phi) is 27.9. The number of thiophene rings is 1. The molecule has 97 heavy (non-hydrogen) atoms. The van der Waals surface area contributed by atoms with Gasteiger partial charge in [0.05, 0.1) is 23.3 Å². The van der Waals surface area contributed by atoms with Crippen LogP contribution in [0.15, 0.2) is 170 Å². The van der Waals surface area contributed by atoms with Crippen LogP contribution in [0.5, 0.6) is 5.75 Å². The molecule has 13 nitrogen and oxygen atoms in total.